The third kappa shape index (κ3) is 4.33. The molecule has 0 unspecified atom stereocenters. The van der Waals surface area contributed by atoms with E-state index in [0.717, 1.165) is 38.2 Å². The van der Waals surface area contributed by atoms with Crippen molar-refractivity contribution in [1.82, 2.24) is 9.80 Å². The Morgan fingerprint density at radius 2 is 1.74 bits per heavy atom. The Morgan fingerprint density at radius 3 is 2.56 bits per heavy atom. The second-order valence-electron chi connectivity index (χ2n) is 8.22. The van der Waals surface area contributed by atoms with E-state index < -0.39 is 0 Å². The van der Waals surface area contributed by atoms with Gasteiger partial charge in [0, 0.05) is 38.0 Å². The number of phenolic OH excluding ortho intramolecular Hbond substituents is 1. The van der Waals surface area contributed by atoms with E-state index in [1.807, 2.05) is 30.3 Å². The first-order chi connectivity index (χ1) is 13.1. The van der Waals surface area contributed by atoms with Crippen LogP contribution in [0.25, 0.3) is 0 Å². The highest BCUT2D eigenvalue weighted by Gasteiger charge is 2.41. The molecule has 0 saturated carbocycles. The number of amides is 1. The van der Waals surface area contributed by atoms with Crippen LogP contribution < -0.4 is 0 Å². The lowest BCUT2D eigenvalue weighted by molar-refractivity contribution is -0.140. The third-order valence-electron chi connectivity index (χ3n) is 6.02. The highest BCUT2D eigenvalue weighted by Crippen LogP contribution is 2.39. The van der Waals surface area contributed by atoms with Gasteiger partial charge in [-0.15, -0.1) is 0 Å². The highest BCUT2D eigenvalue weighted by atomic mass is 16.3. The van der Waals surface area contributed by atoms with E-state index in [2.05, 4.69) is 28.0 Å². The Kier molecular flexibility index (Phi) is 5.17. The minimum absolute atomic E-state index is 0.206. The predicted molar refractivity (Wildman–Crippen MR) is 106 cm³/mol. The van der Waals surface area contributed by atoms with Crippen LogP contribution in [-0.4, -0.2) is 40.4 Å². The fourth-order valence-corrected chi connectivity index (χ4v) is 4.74. The van der Waals surface area contributed by atoms with Gasteiger partial charge in [-0.1, -0.05) is 42.5 Å². The summed E-state index contributed by atoms with van der Waals surface area (Å²) in [4.78, 5) is 17.1. The summed E-state index contributed by atoms with van der Waals surface area (Å²) in [5.41, 5.74) is 2.56. The van der Waals surface area contributed by atoms with Crippen molar-refractivity contribution in [3.63, 3.8) is 0 Å². The van der Waals surface area contributed by atoms with Gasteiger partial charge in [-0.05, 0) is 49.1 Å². The number of aromatic hydroxyl groups is 1. The second kappa shape index (κ2) is 7.73. The van der Waals surface area contributed by atoms with Crippen LogP contribution in [0.1, 0.15) is 36.8 Å². The number of likely N-dealkylation sites (tertiary alicyclic amines) is 2. The summed E-state index contributed by atoms with van der Waals surface area (Å²) in [7, 11) is 0. The quantitative estimate of drug-likeness (QED) is 0.897. The van der Waals surface area contributed by atoms with Gasteiger partial charge in [0.25, 0.3) is 0 Å². The minimum atomic E-state index is 0.206. The summed E-state index contributed by atoms with van der Waals surface area (Å²) < 4.78 is 0. The van der Waals surface area contributed by atoms with Crippen LogP contribution in [0.15, 0.2) is 54.6 Å². The van der Waals surface area contributed by atoms with Gasteiger partial charge >= 0.3 is 0 Å². The first kappa shape index (κ1) is 18.1. The average molecular weight is 364 g/mol. The minimum Gasteiger partial charge on any atom is -0.508 e. The van der Waals surface area contributed by atoms with Crippen molar-refractivity contribution in [2.24, 2.45) is 5.41 Å². The lowest BCUT2D eigenvalue weighted by Crippen LogP contribution is -2.53. The first-order valence-corrected chi connectivity index (χ1v) is 9.94. The predicted octanol–water partition coefficient (Wildman–Crippen LogP) is 3.80. The zero-order chi connectivity index (χ0) is 18.7. The van der Waals surface area contributed by atoms with Crippen molar-refractivity contribution in [1.29, 1.82) is 0 Å². The lowest BCUT2D eigenvalue weighted by Gasteiger charge is -2.48. The standard InChI is InChI=1S/C23H28N2O2/c26-21-9-4-8-20(14-21)15-24-13-5-11-23(17-24)12-10-22(27)25(18-23)16-19-6-2-1-3-7-19/h1-4,6-9,14,26H,5,10-13,15-18H2/t23-/m1/s1. The summed E-state index contributed by atoms with van der Waals surface area (Å²) >= 11 is 0. The highest BCUT2D eigenvalue weighted by molar-refractivity contribution is 5.77. The number of nitrogens with zero attached hydrogens (tertiary/aromatic N) is 2. The van der Waals surface area contributed by atoms with E-state index in [0.29, 0.717) is 18.7 Å². The summed E-state index contributed by atoms with van der Waals surface area (Å²) in [5.74, 6) is 0.617. The second-order valence-corrected chi connectivity index (χ2v) is 8.22. The molecule has 2 aromatic carbocycles. The molecule has 2 aliphatic heterocycles. The van der Waals surface area contributed by atoms with Gasteiger partial charge < -0.3 is 10.0 Å². The largest absolute Gasteiger partial charge is 0.508 e. The maximum atomic E-state index is 12.5. The molecule has 0 aromatic heterocycles. The van der Waals surface area contributed by atoms with Crippen molar-refractivity contribution in [3.8, 4) is 5.75 Å². The molecule has 1 atom stereocenters. The Bertz CT molecular complexity index is 792. The maximum Gasteiger partial charge on any atom is 0.222 e. The normalized spacial score (nSPS) is 23.7. The fourth-order valence-electron chi connectivity index (χ4n) is 4.74. The van der Waals surface area contributed by atoms with E-state index >= 15 is 0 Å². The zero-order valence-corrected chi connectivity index (χ0v) is 15.8. The molecule has 2 aliphatic rings. The van der Waals surface area contributed by atoms with E-state index in [9.17, 15) is 9.90 Å². The number of carbonyl (C=O) groups excluding carboxylic acids is 1. The van der Waals surface area contributed by atoms with Crippen molar-refractivity contribution >= 4 is 5.91 Å². The molecular formula is C23H28N2O2. The van der Waals surface area contributed by atoms with Crippen LogP contribution in [0, 0.1) is 5.41 Å². The summed E-state index contributed by atoms with van der Waals surface area (Å²) in [6.07, 6.45) is 4.02. The topological polar surface area (TPSA) is 43.8 Å². The van der Waals surface area contributed by atoms with Gasteiger partial charge in [-0.25, -0.2) is 0 Å². The molecule has 1 amide bonds. The van der Waals surface area contributed by atoms with Crippen molar-refractivity contribution in [2.75, 3.05) is 19.6 Å². The molecular weight excluding hydrogens is 336 g/mol. The van der Waals surface area contributed by atoms with E-state index in [1.54, 1.807) is 6.07 Å². The Balaban J connectivity index is 1.44. The van der Waals surface area contributed by atoms with Crippen molar-refractivity contribution < 1.29 is 9.90 Å². The first-order valence-electron chi connectivity index (χ1n) is 9.94. The Hall–Kier alpha value is -2.33. The van der Waals surface area contributed by atoms with Gasteiger partial charge in [0.15, 0.2) is 0 Å². The molecule has 4 rings (SSSR count). The van der Waals surface area contributed by atoms with Crippen LogP contribution in [0.3, 0.4) is 0 Å². The molecule has 0 aliphatic carbocycles. The summed E-state index contributed by atoms with van der Waals surface area (Å²) in [5, 5.41) is 9.73. The summed E-state index contributed by atoms with van der Waals surface area (Å²) in [6, 6.07) is 17.9. The fraction of sp³-hybridized carbons (Fsp3) is 0.435. The molecule has 2 fully saturated rings. The Labute approximate surface area is 161 Å². The number of phenols is 1. The van der Waals surface area contributed by atoms with Crippen LogP contribution in [0.5, 0.6) is 5.75 Å². The lowest BCUT2D eigenvalue weighted by atomic mass is 9.73. The molecule has 1 spiro atoms. The van der Waals surface area contributed by atoms with Crippen LogP contribution >= 0.6 is 0 Å². The molecule has 0 radical (unpaired) electrons. The maximum absolute atomic E-state index is 12.5. The Morgan fingerprint density at radius 1 is 0.926 bits per heavy atom. The molecule has 27 heavy (non-hydrogen) atoms. The van der Waals surface area contributed by atoms with E-state index in [4.69, 9.17) is 0 Å². The van der Waals surface area contributed by atoms with Crippen molar-refractivity contribution in [2.45, 2.75) is 38.8 Å². The van der Waals surface area contributed by atoms with Gasteiger partial charge in [0.05, 0.1) is 0 Å². The van der Waals surface area contributed by atoms with Crippen molar-refractivity contribution in [3.05, 3.63) is 65.7 Å². The molecule has 2 heterocycles. The van der Waals surface area contributed by atoms with E-state index in [-0.39, 0.29) is 11.3 Å². The van der Waals surface area contributed by atoms with Crippen LogP contribution in [-0.2, 0) is 17.9 Å². The van der Waals surface area contributed by atoms with Gasteiger partial charge in [0.2, 0.25) is 5.91 Å². The average Bonchev–Trinajstić information content (AvgIpc) is 2.66. The number of carbonyl (C=O) groups is 1. The SMILES string of the molecule is O=C1CC[C@@]2(CCCN(Cc3cccc(O)c3)C2)CN1Cc1ccccc1. The molecule has 0 bridgehead atoms. The monoisotopic (exact) mass is 364 g/mol. The van der Waals surface area contributed by atoms with Gasteiger partial charge in [-0.3, -0.25) is 9.69 Å². The zero-order valence-electron chi connectivity index (χ0n) is 15.8. The number of piperidine rings is 2. The molecule has 4 heteroatoms. The molecule has 4 nitrogen and oxygen atoms in total. The van der Waals surface area contributed by atoms with Gasteiger partial charge in [0.1, 0.15) is 5.75 Å². The summed E-state index contributed by atoms with van der Waals surface area (Å²) in [6.45, 7) is 4.55. The number of rotatable bonds is 4. The molecule has 1 N–H and O–H groups in total. The van der Waals surface area contributed by atoms with Crippen LogP contribution in [0.2, 0.25) is 0 Å². The van der Waals surface area contributed by atoms with Crippen LogP contribution in [0.4, 0.5) is 0 Å². The van der Waals surface area contributed by atoms with Gasteiger partial charge in [-0.2, -0.15) is 0 Å². The number of hydrogen-bond donors (Lipinski definition) is 1. The smallest absolute Gasteiger partial charge is 0.222 e. The molecule has 2 saturated heterocycles. The van der Waals surface area contributed by atoms with E-state index in [1.165, 1.54) is 18.4 Å². The number of hydrogen-bond acceptors (Lipinski definition) is 3. The molecule has 142 valence electrons. The molecule has 2 aromatic rings. The number of benzene rings is 2. The third-order valence-corrected chi connectivity index (χ3v) is 6.02.